The first-order chi connectivity index (χ1) is 11.5. The summed E-state index contributed by atoms with van der Waals surface area (Å²) in [6.07, 6.45) is 10.5. The van der Waals surface area contributed by atoms with Gasteiger partial charge in [-0.2, -0.15) is 0 Å². The standard InChI is InChI=1S/C21H29N3/c1-6-7-12-24-20-14-18(22(2)3)10-8-16(20)13-17-9-11-19(23(4)5)15-21(17)24/h8,10-11,13-15H,6-7,9,12H2,1-5H3. The molecule has 0 bridgehead atoms. The van der Waals surface area contributed by atoms with Gasteiger partial charge in [-0.1, -0.05) is 25.5 Å². The molecule has 0 fully saturated rings. The van der Waals surface area contributed by atoms with Gasteiger partial charge in [0.25, 0.3) is 0 Å². The fourth-order valence-corrected chi connectivity index (χ4v) is 3.35. The summed E-state index contributed by atoms with van der Waals surface area (Å²) in [5, 5.41) is 0. The van der Waals surface area contributed by atoms with Crippen LogP contribution in [-0.2, 0) is 0 Å². The molecule has 1 aromatic rings. The van der Waals surface area contributed by atoms with Crippen LogP contribution in [0.4, 0.5) is 11.4 Å². The van der Waals surface area contributed by atoms with E-state index in [1.165, 1.54) is 46.7 Å². The number of anilines is 2. The molecule has 0 spiro atoms. The van der Waals surface area contributed by atoms with Crippen LogP contribution in [0, 0.1) is 0 Å². The highest BCUT2D eigenvalue weighted by atomic mass is 15.2. The minimum Gasteiger partial charge on any atom is -0.378 e. The predicted octanol–water partition coefficient (Wildman–Crippen LogP) is 4.49. The quantitative estimate of drug-likeness (QED) is 0.790. The molecule has 0 atom stereocenters. The second-order valence-corrected chi connectivity index (χ2v) is 7.07. The van der Waals surface area contributed by atoms with Crippen molar-refractivity contribution in [3.8, 4) is 0 Å². The molecule has 1 aromatic carbocycles. The summed E-state index contributed by atoms with van der Waals surface area (Å²) >= 11 is 0. The molecule has 0 aromatic heterocycles. The maximum Gasteiger partial charge on any atom is 0.0505 e. The molecule has 128 valence electrons. The van der Waals surface area contributed by atoms with Gasteiger partial charge in [-0.3, -0.25) is 0 Å². The average Bonchev–Trinajstić information content (AvgIpc) is 2.57. The Morgan fingerprint density at radius 1 is 1.04 bits per heavy atom. The van der Waals surface area contributed by atoms with Crippen molar-refractivity contribution in [2.75, 3.05) is 44.5 Å². The number of likely N-dealkylation sites (N-methyl/N-ethyl adjacent to an activating group) is 1. The second kappa shape index (κ2) is 6.76. The molecule has 3 rings (SSSR count). The van der Waals surface area contributed by atoms with Gasteiger partial charge >= 0.3 is 0 Å². The topological polar surface area (TPSA) is 9.72 Å². The zero-order valence-electron chi connectivity index (χ0n) is 15.6. The Bertz CT molecular complexity index is 708. The number of benzene rings is 1. The van der Waals surface area contributed by atoms with Crippen molar-refractivity contribution in [3.63, 3.8) is 0 Å². The van der Waals surface area contributed by atoms with Crippen LogP contribution in [0.15, 0.2) is 47.3 Å². The first kappa shape index (κ1) is 16.7. The fourth-order valence-electron chi connectivity index (χ4n) is 3.35. The molecule has 0 N–H and O–H groups in total. The van der Waals surface area contributed by atoms with Crippen LogP contribution in [-0.4, -0.2) is 39.6 Å². The minimum absolute atomic E-state index is 1.01. The van der Waals surface area contributed by atoms with E-state index in [1.54, 1.807) is 0 Å². The van der Waals surface area contributed by atoms with Gasteiger partial charge in [0.1, 0.15) is 0 Å². The molecule has 1 aliphatic carbocycles. The van der Waals surface area contributed by atoms with E-state index >= 15 is 0 Å². The fraction of sp³-hybridized carbons (Fsp3) is 0.429. The number of unbranched alkanes of at least 4 members (excludes halogenated alkanes) is 1. The monoisotopic (exact) mass is 323 g/mol. The predicted molar refractivity (Wildman–Crippen MR) is 105 cm³/mol. The largest absolute Gasteiger partial charge is 0.378 e. The van der Waals surface area contributed by atoms with Gasteiger partial charge in [-0.05, 0) is 48.3 Å². The number of fused-ring (bicyclic) bond motifs is 2. The molecular weight excluding hydrogens is 294 g/mol. The van der Waals surface area contributed by atoms with Crippen molar-refractivity contribution in [1.29, 1.82) is 0 Å². The summed E-state index contributed by atoms with van der Waals surface area (Å²) in [6, 6.07) is 6.80. The van der Waals surface area contributed by atoms with E-state index in [9.17, 15) is 0 Å². The van der Waals surface area contributed by atoms with Gasteiger partial charge in [-0.25, -0.2) is 0 Å². The minimum atomic E-state index is 1.01. The third-order valence-electron chi connectivity index (χ3n) is 4.84. The molecule has 0 unspecified atom stereocenters. The summed E-state index contributed by atoms with van der Waals surface area (Å²) in [4.78, 5) is 6.91. The van der Waals surface area contributed by atoms with Crippen LogP contribution in [0.2, 0.25) is 0 Å². The number of rotatable bonds is 5. The van der Waals surface area contributed by atoms with Crippen LogP contribution in [0.5, 0.6) is 0 Å². The summed E-state index contributed by atoms with van der Waals surface area (Å²) < 4.78 is 0. The summed E-state index contributed by atoms with van der Waals surface area (Å²) in [7, 11) is 8.45. The average molecular weight is 323 g/mol. The number of hydrogen-bond acceptors (Lipinski definition) is 3. The highest BCUT2D eigenvalue weighted by molar-refractivity contribution is 5.82. The smallest absolute Gasteiger partial charge is 0.0505 e. The third kappa shape index (κ3) is 3.08. The van der Waals surface area contributed by atoms with Gasteiger partial charge in [-0.15, -0.1) is 0 Å². The zero-order chi connectivity index (χ0) is 17.3. The maximum atomic E-state index is 2.53. The van der Waals surface area contributed by atoms with Crippen LogP contribution in [0.3, 0.4) is 0 Å². The number of allylic oxidation sites excluding steroid dienone is 3. The van der Waals surface area contributed by atoms with Crippen molar-refractivity contribution in [2.24, 2.45) is 0 Å². The Hall–Kier alpha value is -2.16. The summed E-state index contributed by atoms with van der Waals surface area (Å²) in [5.74, 6) is 0. The van der Waals surface area contributed by atoms with E-state index in [0.717, 1.165) is 13.0 Å². The molecule has 0 saturated carbocycles. The highest BCUT2D eigenvalue weighted by Gasteiger charge is 2.25. The molecule has 1 heterocycles. The van der Waals surface area contributed by atoms with Crippen molar-refractivity contribution < 1.29 is 0 Å². The van der Waals surface area contributed by atoms with Crippen LogP contribution in [0.25, 0.3) is 6.08 Å². The van der Waals surface area contributed by atoms with E-state index in [1.807, 2.05) is 0 Å². The van der Waals surface area contributed by atoms with Crippen molar-refractivity contribution >= 4 is 17.5 Å². The van der Waals surface area contributed by atoms with Gasteiger partial charge in [0, 0.05) is 51.8 Å². The Morgan fingerprint density at radius 3 is 2.50 bits per heavy atom. The van der Waals surface area contributed by atoms with Gasteiger partial charge in [0.15, 0.2) is 0 Å². The number of hydrogen-bond donors (Lipinski definition) is 0. The Labute approximate surface area is 146 Å². The van der Waals surface area contributed by atoms with E-state index < -0.39 is 0 Å². The molecule has 0 amide bonds. The molecule has 3 heteroatoms. The lowest BCUT2D eigenvalue weighted by Gasteiger charge is -2.37. The van der Waals surface area contributed by atoms with Gasteiger partial charge < -0.3 is 14.7 Å². The normalized spacial score (nSPS) is 15.9. The lowest BCUT2D eigenvalue weighted by Crippen LogP contribution is -2.30. The molecule has 24 heavy (non-hydrogen) atoms. The molecule has 3 nitrogen and oxygen atoms in total. The van der Waals surface area contributed by atoms with E-state index in [0.29, 0.717) is 0 Å². The lowest BCUT2D eigenvalue weighted by atomic mass is 9.92. The van der Waals surface area contributed by atoms with Crippen molar-refractivity contribution in [3.05, 3.63) is 52.9 Å². The first-order valence-corrected chi connectivity index (χ1v) is 8.90. The zero-order valence-corrected chi connectivity index (χ0v) is 15.6. The first-order valence-electron chi connectivity index (χ1n) is 8.90. The van der Waals surface area contributed by atoms with E-state index in [2.05, 4.69) is 86.2 Å². The Morgan fingerprint density at radius 2 is 1.83 bits per heavy atom. The van der Waals surface area contributed by atoms with Crippen LogP contribution < -0.4 is 9.80 Å². The molecule has 0 radical (unpaired) electrons. The summed E-state index contributed by atoms with van der Waals surface area (Å²) in [6.45, 7) is 3.34. The van der Waals surface area contributed by atoms with E-state index in [4.69, 9.17) is 0 Å². The Balaban J connectivity index is 2.08. The van der Waals surface area contributed by atoms with Crippen LogP contribution >= 0.6 is 0 Å². The lowest BCUT2D eigenvalue weighted by molar-refractivity contribution is 0.524. The van der Waals surface area contributed by atoms with Crippen LogP contribution in [0.1, 0.15) is 31.7 Å². The Kier molecular flexibility index (Phi) is 4.70. The van der Waals surface area contributed by atoms with E-state index in [-0.39, 0.29) is 0 Å². The molecular formula is C21H29N3. The number of nitrogens with zero attached hydrogens (tertiary/aromatic N) is 3. The summed E-state index contributed by atoms with van der Waals surface area (Å²) in [5.41, 5.74) is 8.04. The second-order valence-electron chi connectivity index (χ2n) is 7.07. The third-order valence-corrected chi connectivity index (χ3v) is 4.84. The van der Waals surface area contributed by atoms with Gasteiger partial charge in [0.05, 0.1) is 5.69 Å². The molecule has 2 aliphatic rings. The molecule has 1 aliphatic heterocycles. The van der Waals surface area contributed by atoms with Crippen molar-refractivity contribution in [1.82, 2.24) is 4.90 Å². The molecule has 0 saturated heterocycles. The van der Waals surface area contributed by atoms with Gasteiger partial charge in [0.2, 0.25) is 0 Å². The highest BCUT2D eigenvalue weighted by Crippen LogP contribution is 2.40. The maximum absolute atomic E-state index is 2.53. The van der Waals surface area contributed by atoms with Crippen molar-refractivity contribution in [2.45, 2.75) is 26.2 Å². The SMILES string of the molecule is CCCCN1C2=CC(N(C)C)=CCC2=Cc2ccc(N(C)C)cc21.